The molecule has 2 atom stereocenters. The van der Waals surface area contributed by atoms with Gasteiger partial charge in [-0.3, -0.25) is 4.79 Å². The summed E-state index contributed by atoms with van der Waals surface area (Å²) in [4.78, 5) is 14.3. The van der Waals surface area contributed by atoms with Crippen molar-refractivity contribution in [1.82, 2.24) is 15.5 Å². The molecule has 0 aromatic carbocycles. The van der Waals surface area contributed by atoms with E-state index in [4.69, 9.17) is 4.42 Å². The number of nitrogens with one attached hydrogen (secondary N) is 1. The Morgan fingerprint density at radius 1 is 1.62 bits per heavy atom. The maximum Gasteiger partial charge on any atom is 0.277 e. The van der Waals surface area contributed by atoms with Gasteiger partial charge in [0.15, 0.2) is 0 Å². The quantitative estimate of drug-likeness (QED) is 0.626. The molecule has 1 N–H and O–H groups in total. The number of rotatable bonds is 6. The minimum Gasteiger partial charge on any atom is -0.410 e. The average Bonchev–Trinajstić information content (AvgIpc) is 3.18. The Kier molecular flexibility index (Phi) is 5.40. The van der Waals surface area contributed by atoms with Gasteiger partial charge in [-0.25, -0.2) is 0 Å². The Balaban J connectivity index is 1.67. The van der Waals surface area contributed by atoms with Crippen molar-refractivity contribution in [1.29, 1.82) is 0 Å². The predicted molar refractivity (Wildman–Crippen MR) is 97.3 cm³/mol. The van der Waals surface area contributed by atoms with Crippen LogP contribution in [-0.2, 0) is 17.6 Å². The molecule has 0 saturated carbocycles. The fourth-order valence-corrected chi connectivity index (χ4v) is 4.53. The standard InChI is InChI=1S/C17H21N3O2S2/c1-4-7-18-15(21)11(3)23-17-20-19-16(22-17)14-9-12-8-10(2)5-6-13(12)24-14/h4,9-11H,1,5-8H2,2-3H3,(H,18,21)/t10-,11+/m0/s1. The third-order valence-corrected chi connectivity index (χ3v) is 6.17. The van der Waals surface area contributed by atoms with E-state index < -0.39 is 0 Å². The van der Waals surface area contributed by atoms with Gasteiger partial charge in [0.05, 0.1) is 10.1 Å². The van der Waals surface area contributed by atoms with Crippen LogP contribution < -0.4 is 5.32 Å². The van der Waals surface area contributed by atoms with Crippen LogP contribution in [0.4, 0.5) is 0 Å². The normalized spacial score (nSPS) is 18.0. The topological polar surface area (TPSA) is 68.0 Å². The lowest BCUT2D eigenvalue weighted by molar-refractivity contribution is -0.120. The number of fused-ring (bicyclic) bond motifs is 1. The van der Waals surface area contributed by atoms with Crippen molar-refractivity contribution in [3.8, 4) is 10.8 Å². The molecular formula is C17H21N3O2S2. The van der Waals surface area contributed by atoms with Crippen LogP contribution in [0.3, 0.4) is 0 Å². The molecule has 0 unspecified atom stereocenters. The number of hydrogen-bond donors (Lipinski definition) is 1. The van der Waals surface area contributed by atoms with Gasteiger partial charge in [-0.15, -0.1) is 28.1 Å². The minimum absolute atomic E-state index is 0.0692. The highest BCUT2D eigenvalue weighted by atomic mass is 32.2. The molecule has 2 aromatic heterocycles. The van der Waals surface area contributed by atoms with E-state index in [1.165, 1.54) is 28.6 Å². The van der Waals surface area contributed by atoms with E-state index >= 15 is 0 Å². The summed E-state index contributed by atoms with van der Waals surface area (Å²) in [5.41, 5.74) is 1.42. The summed E-state index contributed by atoms with van der Waals surface area (Å²) in [6, 6.07) is 2.18. The fourth-order valence-electron chi connectivity index (χ4n) is 2.69. The van der Waals surface area contributed by atoms with Gasteiger partial charge in [-0.05, 0) is 43.7 Å². The Morgan fingerprint density at radius 2 is 2.46 bits per heavy atom. The second kappa shape index (κ2) is 7.53. The van der Waals surface area contributed by atoms with Gasteiger partial charge in [0.2, 0.25) is 5.91 Å². The van der Waals surface area contributed by atoms with E-state index in [1.54, 1.807) is 17.4 Å². The SMILES string of the molecule is C=CCNC(=O)[C@@H](C)Sc1nnc(-c2cc3c(s2)CC[C@H](C)C3)o1. The number of amides is 1. The van der Waals surface area contributed by atoms with E-state index in [0.29, 0.717) is 17.7 Å². The summed E-state index contributed by atoms with van der Waals surface area (Å²) in [6.07, 6.45) is 5.16. The number of hydrogen-bond acceptors (Lipinski definition) is 6. The molecule has 1 amide bonds. The molecule has 0 fully saturated rings. The second-order valence-electron chi connectivity index (χ2n) is 6.07. The second-order valence-corrected chi connectivity index (χ2v) is 8.50. The van der Waals surface area contributed by atoms with E-state index in [2.05, 4.69) is 35.1 Å². The molecular weight excluding hydrogens is 342 g/mol. The van der Waals surface area contributed by atoms with Crippen molar-refractivity contribution in [3.05, 3.63) is 29.2 Å². The molecule has 0 spiro atoms. The molecule has 2 aromatic rings. The lowest BCUT2D eigenvalue weighted by atomic mass is 9.90. The van der Waals surface area contributed by atoms with Crippen molar-refractivity contribution in [2.75, 3.05) is 6.54 Å². The largest absolute Gasteiger partial charge is 0.410 e. The zero-order valence-electron chi connectivity index (χ0n) is 13.9. The first kappa shape index (κ1) is 17.2. The molecule has 24 heavy (non-hydrogen) atoms. The molecule has 3 rings (SSSR count). The molecule has 128 valence electrons. The predicted octanol–water partition coefficient (Wildman–Crippen LogP) is 3.71. The fraction of sp³-hybridized carbons (Fsp3) is 0.471. The summed E-state index contributed by atoms with van der Waals surface area (Å²) in [6.45, 7) is 8.15. The van der Waals surface area contributed by atoms with Gasteiger partial charge < -0.3 is 9.73 Å². The summed E-state index contributed by atoms with van der Waals surface area (Å²) in [7, 11) is 0. The Morgan fingerprint density at radius 3 is 3.25 bits per heavy atom. The molecule has 1 aliphatic carbocycles. The van der Waals surface area contributed by atoms with E-state index in [9.17, 15) is 4.79 Å². The van der Waals surface area contributed by atoms with Crippen molar-refractivity contribution < 1.29 is 9.21 Å². The summed E-state index contributed by atoms with van der Waals surface area (Å²) in [5.74, 6) is 1.21. The van der Waals surface area contributed by atoms with Crippen LogP contribution in [0.1, 0.15) is 30.7 Å². The molecule has 5 nitrogen and oxygen atoms in total. The number of thiophene rings is 1. The minimum atomic E-state index is -0.296. The number of nitrogens with zero attached hydrogens (tertiary/aromatic N) is 2. The third kappa shape index (κ3) is 3.89. The zero-order chi connectivity index (χ0) is 17.1. The van der Waals surface area contributed by atoms with Crippen LogP contribution in [0.25, 0.3) is 10.8 Å². The number of aryl methyl sites for hydroxylation is 1. The molecule has 7 heteroatoms. The van der Waals surface area contributed by atoms with Crippen LogP contribution in [0.15, 0.2) is 28.4 Å². The average molecular weight is 364 g/mol. The maximum atomic E-state index is 11.9. The molecule has 2 heterocycles. The van der Waals surface area contributed by atoms with Crippen LogP contribution in [0.2, 0.25) is 0 Å². The van der Waals surface area contributed by atoms with Crippen molar-refractivity contribution in [2.24, 2.45) is 5.92 Å². The van der Waals surface area contributed by atoms with Crippen LogP contribution >= 0.6 is 23.1 Å². The first-order chi connectivity index (χ1) is 11.6. The Bertz CT molecular complexity index is 738. The number of thioether (sulfide) groups is 1. The smallest absolute Gasteiger partial charge is 0.277 e. The maximum absolute atomic E-state index is 11.9. The van der Waals surface area contributed by atoms with Crippen LogP contribution in [-0.4, -0.2) is 27.9 Å². The molecule has 1 aliphatic rings. The summed E-state index contributed by atoms with van der Waals surface area (Å²) < 4.78 is 5.75. The Labute approximate surface area is 149 Å². The van der Waals surface area contributed by atoms with Gasteiger partial charge in [-0.2, -0.15) is 0 Å². The molecule has 0 radical (unpaired) electrons. The van der Waals surface area contributed by atoms with Crippen molar-refractivity contribution in [3.63, 3.8) is 0 Å². The highest BCUT2D eigenvalue weighted by Gasteiger charge is 2.22. The van der Waals surface area contributed by atoms with Crippen LogP contribution in [0, 0.1) is 5.92 Å². The first-order valence-electron chi connectivity index (χ1n) is 8.07. The van der Waals surface area contributed by atoms with Crippen LogP contribution in [0.5, 0.6) is 0 Å². The lowest BCUT2D eigenvalue weighted by Crippen LogP contribution is -2.30. The monoisotopic (exact) mass is 363 g/mol. The number of carbonyl (C=O) groups is 1. The van der Waals surface area contributed by atoms with Gasteiger partial charge in [-0.1, -0.05) is 24.8 Å². The van der Waals surface area contributed by atoms with E-state index in [-0.39, 0.29) is 11.2 Å². The van der Waals surface area contributed by atoms with Gasteiger partial charge in [0.1, 0.15) is 0 Å². The summed E-state index contributed by atoms with van der Waals surface area (Å²) in [5, 5.41) is 11.1. The van der Waals surface area contributed by atoms with Crippen molar-refractivity contribution >= 4 is 29.0 Å². The molecule has 0 bridgehead atoms. The number of aromatic nitrogens is 2. The molecule has 0 aliphatic heterocycles. The van der Waals surface area contributed by atoms with E-state index in [0.717, 1.165) is 23.6 Å². The highest BCUT2D eigenvalue weighted by molar-refractivity contribution is 8.00. The lowest BCUT2D eigenvalue weighted by Gasteiger charge is -2.16. The van der Waals surface area contributed by atoms with Gasteiger partial charge >= 0.3 is 0 Å². The summed E-state index contributed by atoms with van der Waals surface area (Å²) >= 11 is 3.02. The van der Waals surface area contributed by atoms with E-state index in [1.807, 2.05) is 6.92 Å². The number of carbonyl (C=O) groups excluding carboxylic acids is 1. The van der Waals surface area contributed by atoms with Gasteiger partial charge in [0.25, 0.3) is 11.1 Å². The van der Waals surface area contributed by atoms with Crippen molar-refractivity contribution in [2.45, 2.75) is 43.6 Å². The van der Waals surface area contributed by atoms with Gasteiger partial charge in [0, 0.05) is 11.4 Å². The first-order valence-corrected chi connectivity index (χ1v) is 9.77. The zero-order valence-corrected chi connectivity index (χ0v) is 15.5. The highest BCUT2D eigenvalue weighted by Crippen LogP contribution is 2.37. The Hall–Kier alpha value is -1.60. The third-order valence-electron chi connectivity index (χ3n) is 4.01. The molecule has 0 saturated heterocycles.